The summed E-state index contributed by atoms with van der Waals surface area (Å²) in [6, 6.07) is 6.85. The van der Waals surface area contributed by atoms with Gasteiger partial charge in [-0.05, 0) is 24.3 Å². The fraction of sp³-hybridized carbons (Fsp3) is 0.188. The molecule has 0 atom stereocenters. The van der Waals surface area contributed by atoms with Crippen molar-refractivity contribution in [3.8, 4) is 0 Å². The number of nitrogens with one attached hydrogen (secondary N) is 1. The van der Waals surface area contributed by atoms with Crippen LogP contribution in [0.2, 0.25) is 0 Å². The highest BCUT2D eigenvalue weighted by Crippen LogP contribution is 2.14. The number of halogens is 1. The van der Waals surface area contributed by atoms with Crippen LogP contribution in [0, 0.1) is 5.82 Å². The maximum absolute atomic E-state index is 13.1. The van der Waals surface area contributed by atoms with Gasteiger partial charge in [0.2, 0.25) is 0 Å². The molecule has 1 aliphatic rings. The standard InChI is InChI=1S/C16H12FN3O5/c17-10-2-4-11-9(7-10)1-3-12(19-11)16(24)18-8-15(23)25-20-13(21)5-6-14(20)22/h1-4,7H,5-6,8H2,(H,18,24). The molecule has 0 saturated carbocycles. The van der Waals surface area contributed by atoms with Gasteiger partial charge in [-0.3, -0.25) is 14.4 Å². The Balaban J connectivity index is 1.60. The van der Waals surface area contributed by atoms with E-state index in [0.29, 0.717) is 16.0 Å². The number of benzene rings is 1. The smallest absolute Gasteiger partial charge is 0.340 e. The van der Waals surface area contributed by atoms with Crippen LogP contribution in [-0.4, -0.2) is 40.3 Å². The largest absolute Gasteiger partial charge is 0.352 e. The molecule has 1 aromatic carbocycles. The van der Waals surface area contributed by atoms with Gasteiger partial charge in [-0.25, -0.2) is 14.2 Å². The van der Waals surface area contributed by atoms with E-state index in [4.69, 9.17) is 0 Å². The van der Waals surface area contributed by atoms with Crippen LogP contribution >= 0.6 is 0 Å². The molecule has 2 heterocycles. The Kier molecular flexibility index (Phi) is 4.38. The fourth-order valence-electron chi connectivity index (χ4n) is 2.26. The normalized spacial score (nSPS) is 14.0. The van der Waals surface area contributed by atoms with Crippen molar-refractivity contribution in [3.63, 3.8) is 0 Å². The average molecular weight is 345 g/mol. The van der Waals surface area contributed by atoms with Gasteiger partial charge in [0.25, 0.3) is 17.7 Å². The van der Waals surface area contributed by atoms with E-state index in [1.807, 2.05) is 0 Å². The van der Waals surface area contributed by atoms with Crippen LogP contribution in [0.5, 0.6) is 0 Å². The fourth-order valence-corrected chi connectivity index (χ4v) is 2.26. The van der Waals surface area contributed by atoms with Crippen molar-refractivity contribution in [2.24, 2.45) is 0 Å². The highest BCUT2D eigenvalue weighted by Gasteiger charge is 2.32. The van der Waals surface area contributed by atoms with Crippen LogP contribution in [0.25, 0.3) is 10.9 Å². The van der Waals surface area contributed by atoms with Crippen molar-refractivity contribution in [2.45, 2.75) is 12.8 Å². The van der Waals surface area contributed by atoms with Crippen molar-refractivity contribution in [1.82, 2.24) is 15.4 Å². The number of pyridine rings is 1. The number of carbonyl (C=O) groups excluding carboxylic acids is 4. The Hall–Kier alpha value is -3.36. The first kappa shape index (κ1) is 16.5. The quantitative estimate of drug-likeness (QED) is 0.818. The molecular formula is C16H12FN3O5. The molecule has 2 aromatic rings. The number of amides is 3. The number of carbonyl (C=O) groups is 4. The minimum atomic E-state index is -0.959. The number of imide groups is 1. The number of hydroxylamine groups is 2. The number of hydrogen-bond acceptors (Lipinski definition) is 6. The highest BCUT2D eigenvalue weighted by atomic mass is 19.1. The lowest BCUT2D eigenvalue weighted by Crippen LogP contribution is -2.37. The zero-order valence-electron chi connectivity index (χ0n) is 12.8. The molecule has 8 nitrogen and oxygen atoms in total. The minimum absolute atomic E-state index is 0.0138. The highest BCUT2D eigenvalue weighted by molar-refractivity contribution is 6.02. The molecule has 1 saturated heterocycles. The minimum Gasteiger partial charge on any atom is -0.340 e. The lowest BCUT2D eigenvalue weighted by Gasteiger charge is -2.12. The summed E-state index contributed by atoms with van der Waals surface area (Å²) in [5.74, 6) is -3.23. The Labute approximate surface area is 140 Å². The van der Waals surface area contributed by atoms with Gasteiger partial charge in [-0.15, -0.1) is 5.06 Å². The molecule has 1 aromatic heterocycles. The second-order valence-corrected chi connectivity index (χ2v) is 5.26. The third-order valence-corrected chi connectivity index (χ3v) is 3.48. The van der Waals surface area contributed by atoms with Crippen LogP contribution in [0.4, 0.5) is 4.39 Å². The van der Waals surface area contributed by atoms with Gasteiger partial charge in [0.15, 0.2) is 0 Å². The Morgan fingerprint density at radius 1 is 1.16 bits per heavy atom. The molecule has 1 aliphatic heterocycles. The average Bonchev–Trinajstić information content (AvgIpc) is 2.91. The summed E-state index contributed by atoms with van der Waals surface area (Å²) in [6.45, 7) is -0.543. The predicted octanol–water partition coefficient (Wildman–Crippen LogP) is 0.711. The SMILES string of the molecule is O=C(CNC(=O)c1ccc2cc(F)ccc2n1)ON1C(=O)CCC1=O. The van der Waals surface area contributed by atoms with Crippen molar-refractivity contribution < 1.29 is 28.4 Å². The molecule has 1 fully saturated rings. The lowest BCUT2D eigenvalue weighted by molar-refractivity contribution is -0.196. The molecule has 0 bridgehead atoms. The monoisotopic (exact) mass is 345 g/mol. The van der Waals surface area contributed by atoms with Gasteiger partial charge >= 0.3 is 5.97 Å². The first-order valence-corrected chi connectivity index (χ1v) is 7.35. The van der Waals surface area contributed by atoms with Gasteiger partial charge < -0.3 is 10.2 Å². The summed E-state index contributed by atoms with van der Waals surface area (Å²) in [5.41, 5.74) is 0.449. The second-order valence-electron chi connectivity index (χ2n) is 5.26. The summed E-state index contributed by atoms with van der Waals surface area (Å²) in [6.07, 6.45) is -0.0276. The third kappa shape index (κ3) is 3.60. The van der Waals surface area contributed by atoms with Crippen LogP contribution in [0.15, 0.2) is 30.3 Å². The lowest BCUT2D eigenvalue weighted by atomic mass is 10.2. The van der Waals surface area contributed by atoms with E-state index in [1.165, 1.54) is 30.3 Å². The van der Waals surface area contributed by atoms with E-state index in [9.17, 15) is 23.6 Å². The molecule has 0 aliphatic carbocycles. The van der Waals surface area contributed by atoms with Gasteiger partial charge in [-0.1, -0.05) is 6.07 Å². The summed E-state index contributed by atoms with van der Waals surface area (Å²) in [4.78, 5) is 55.0. The molecular weight excluding hydrogens is 333 g/mol. The van der Waals surface area contributed by atoms with Crippen LogP contribution in [0.1, 0.15) is 23.3 Å². The molecule has 3 amide bonds. The predicted molar refractivity (Wildman–Crippen MR) is 81.2 cm³/mol. The van der Waals surface area contributed by atoms with E-state index >= 15 is 0 Å². The molecule has 0 radical (unpaired) electrons. The van der Waals surface area contributed by atoms with E-state index in [2.05, 4.69) is 15.1 Å². The first-order valence-electron chi connectivity index (χ1n) is 7.35. The topological polar surface area (TPSA) is 106 Å². The van der Waals surface area contributed by atoms with Crippen LogP contribution in [-0.2, 0) is 19.2 Å². The maximum atomic E-state index is 13.1. The Morgan fingerprint density at radius 2 is 1.88 bits per heavy atom. The molecule has 0 unspecified atom stereocenters. The summed E-state index contributed by atoms with van der Waals surface area (Å²) < 4.78 is 13.1. The Morgan fingerprint density at radius 3 is 2.60 bits per heavy atom. The maximum Gasteiger partial charge on any atom is 0.352 e. The van der Waals surface area contributed by atoms with E-state index in [-0.39, 0.29) is 18.5 Å². The molecule has 9 heteroatoms. The number of nitrogens with zero attached hydrogens (tertiary/aromatic N) is 2. The van der Waals surface area contributed by atoms with E-state index in [0.717, 1.165) is 0 Å². The van der Waals surface area contributed by atoms with Crippen molar-refractivity contribution in [3.05, 3.63) is 41.8 Å². The summed E-state index contributed by atoms with van der Waals surface area (Å²) in [5, 5.41) is 3.21. The van der Waals surface area contributed by atoms with Gasteiger partial charge in [0.1, 0.15) is 18.1 Å². The van der Waals surface area contributed by atoms with Crippen molar-refractivity contribution >= 4 is 34.6 Å². The molecule has 0 spiro atoms. The zero-order valence-corrected chi connectivity index (χ0v) is 12.8. The number of aromatic nitrogens is 1. The summed E-state index contributed by atoms with van der Waals surface area (Å²) >= 11 is 0. The second kappa shape index (κ2) is 6.63. The summed E-state index contributed by atoms with van der Waals surface area (Å²) in [7, 11) is 0. The number of hydrogen-bond donors (Lipinski definition) is 1. The van der Waals surface area contributed by atoms with Crippen LogP contribution in [0.3, 0.4) is 0 Å². The Bertz CT molecular complexity index is 882. The number of fused-ring (bicyclic) bond motifs is 1. The molecule has 1 N–H and O–H groups in total. The van der Waals surface area contributed by atoms with E-state index in [1.54, 1.807) is 0 Å². The first-order chi connectivity index (χ1) is 11.9. The molecule has 128 valence electrons. The molecule has 25 heavy (non-hydrogen) atoms. The number of rotatable bonds is 4. The van der Waals surface area contributed by atoms with Gasteiger partial charge in [0, 0.05) is 18.2 Å². The van der Waals surface area contributed by atoms with Crippen LogP contribution < -0.4 is 5.32 Å². The third-order valence-electron chi connectivity index (χ3n) is 3.48. The van der Waals surface area contributed by atoms with Gasteiger partial charge in [0.05, 0.1) is 5.52 Å². The zero-order chi connectivity index (χ0) is 18.0. The van der Waals surface area contributed by atoms with Crippen molar-refractivity contribution in [1.29, 1.82) is 0 Å². The van der Waals surface area contributed by atoms with E-state index < -0.39 is 36.1 Å². The van der Waals surface area contributed by atoms with Crippen molar-refractivity contribution in [2.75, 3.05) is 6.54 Å². The van der Waals surface area contributed by atoms with Gasteiger partial charge in [-0.2, -0.15) is 0 Å². The molecule has 3 rings (SSSR count).